The predicted octanol–water partition coefficient (Wildman–Crippen LogP) is 1.18. The highest BCUT2D eigenvalue weighted by Crippen LogP contribution is 2.32. The third-order valence-corrected chi connectivity index (χ3v) is 3.34. The second-order valence-electron chi connectivity index (χ2n) is 4.77. The van der Waals surface area contributed by atoms with Crippen LogP contribution in [0.4, 0.5) is 0 Å². The maximum atomic E-state index is 11.4. The highest BCUT2D eigenvalue weighted by Gasteiger charge is 2.44. The van der Waals surface area contributed by atoms with Crippen molar-refractivity contribution < 1.29 is 4.79 Å². The first-order chi connectivity index (χ1) is 7.09. The molecule has 1 aliphatic carbocycles. The summed E-state index contributed by atoms with van der Waals surface area (Å²) in [5.74, 6) is 1.21. The molecule has 0 radical (unpaired) electrons. The molecule has 3 atom stereocenters. The van der Waals surface area contributed by atoms with E-state index in [1.54, 1.807) is 0 Å². The van der Waals surface area contributed by atoms with Gasteiger partial charge in [0.05, 0.1) is 5.92 Å². The van der Waals surface area contributed by atoms with Crippen LogP contribution >= 0.6 is 0 Å². The zero-order valence-corrected chi connectivity index (χ0v) is 9.23. The summed E-state index contributed by atoms with van der Waals surface area (Å²) in [4.78, 5) is 11.4. The minimum Gasteiger partial charge on any atom is -0.399 e. The molecule has 2 rings (SSSR count). The molecule has 1 amide bonds. The predicted molar refractivity (Wildman–Crippen MR) is 59.8 cm³/mol. The summed E-state index contributed by atoms with van der Waals surface area (Å²) in [7, 11) is 0. The van der Waals surface area contributed by atoms with Crippen LogP contribution in [-0.4, -0.2) is 11.9 Å². The van der Waals surface area contributed by atoms with Crippen LogP contribution in [0, 0.1) is 17.8 Å². The Kier molecular flexibility index (Phi) is 2.55. The number of rotatable bonds is 2. The molecule has 1 aliphatic heterocycles. The molecule has 3 heteroatoms. The molecule has 0 saturated carbocycles. The fourth-order valence-corrected chi connectivity index (χ4v) is 2.43. The maximum absolute atomic E-state index is 11.4. The summed E-state index contributed by atoms with van der Waals surface area (Å²) in [6, 6.07) is 0.304. The Bertz CT molecular complexity index is 331. The first-order valence-corrected chi connectivity index (χ1v) is 5.54. The number of nitrogens with two attached hydrogens (primary N) is 1. The Hall–Kier alpha value is -1.25. The van der Waals surface area contributed by atoms with Crippen LogP contribution in [0.25, 0.3) is 0 Å². The van der Waals surface area contributed by atoms with E-state index in [9.17, 15) is 4.79 Å². The van der Waals surface area contributed by atoms with Crippen molar-refractivity contribution in [3.05, 3.63) is 23.9 Å². The van der Waals surface area contributed by atoms with E-state index in [-0.39, 0.29) is 11.8 Å². The molecule has 82 valence electrons. The summed E-state index contributed by atoms with van der Waals surface area (Å²) in [6.45, 7) is 4.21. The van der Waals surface area contributed by atoms with Crippen LogP contribution in [0.1, 0.15) is 20.3 Å². The average Bonchev–Trinajstić information content (AvgIpc) is 2.14. The zero-order valence-electron chi connectivity index (χ0n) is 9.23. The third-order valence-electron chi connectivity index (χ3n) is 3.34. The molecule has 0 aromatic rings. The maximum Gasteiger partial charge on any atom is 0.225 e. The summed E-state index contributed by atoms with van der Waals surface area (Å²) >= 11 is 0. The van der Waals surface area contributed by atoms with Gasteiger partial charge in [0.1, 0.15) is 0 Å². The molecule has 1 fully saturated rings. The largest absolute Gasteiger partial charge is 0.399 e. The molecule has 2 aliphatic rings. The molecular formula is C12H18N2O. The first kappa shape index (κ1) is 10.3. The second kappa shape index (κ2) is 3.72. The summed E-state index contributed by atoms with van der Waals surface area (Å²) in [5.41, 5.74) is 6.50. The van der Waals surface area contributed by atoms with Crippen LogP contribution in [-0.2, 0) is 4.79 Å². The molecular weight excluding hydrogens is 188 g/mol. The van der Waals surface area contributed by atoms with E-state index >= 15 is 0 Å². The Morgan fingerprint density at radius 3 is 2.73 bits per heavy atom. The third kappa shape index (κ3) is 1.78. The van der Waals surface area contributed by atoms with Crippen LogP contribution in [0.3, 0.4) is 0 Å². The average molecular weight is 206 g/mol. The number of amides is 1. The molecule has 3 nitrogen and oxygen atoms in total. The van der Waals surface area contributed by atoms with Crippen molar-refractivity contribution in [1.29, 1.82) is 0 Å². The lowest BCUT2D eigenvalue weighted by molar-refractivity contribution is -0.138. The monoisotopic (exact) mass is 206 g/mol. The van der Waals surface area contributed by atoms with Gasteiger partial charge in [-0.05, 0) is 18.4 Å². The smallest absolute Gasteiger partial charge is 0.225 e. The second-order valence-corrected chi connectivity index (χ2v) is 4.77. The van der Waals surface area contributed by atoms with E-state index in [0.29, 0.717) is 17.9 Å². The van der Waals surface area contributed by atoms with Crippen molar-refractivity contribution in [3.8, 4) is 0 Å². The highest BCUT2D eigenvalue weighted by molar-refractivity contribution is 5.86. The van der Waals surface area contributed by atoms with E-state index in [4.69, 9.17) is 5.73 Å². The number of carbonyl (C=O) groups excluding carboxylic acids is 1. The van der Waals surface area contributed by atoms with Crippen LogP contribution < -0.4 is 11.1 Å². The number of carbonyl (C=O) groups is 1. The molecule has 1 saturated heterocycles. The van der Waals surface area contributed by atoms with Gasteiger partial charge in [-0.2, -0.15) is 0 Å². The normalized spacial score (nSPS) is 34.7. The topological polar surface area (TPSA) is 55.1 Å². The van der Waals surface area contributed by atoms with Crippen LogP contribution in [0.15, 0.2) is 23.9 Å². The van der Waals surface area contributed by atoms with Gasteiger partial charge in [0, 0.05) is 17.7 Å². The van der Waals surface area contributed by atoms with Gasteiger partial charge in [-0.15, -0.1) is 0 Å². The van der Waals surface area contributed by atoms with Crippen molar-refractivity contribution in [2.24, 2.45) is 23.5 Å². The molecule has 0 spiro atoms. The summed E-state index contributed by atoms with van der Waals surface area (Å²) < 4.78 is 0. The van der Waals surface area contributed by atoms with Gasteiger partial charge in [0.25, 0.3) is 0 Å². The summed E-state index contributed by atoms with van der Waals surface area (Å²) in [6.07, 6.45) is 7.04. The molecule has 1 heterocycles. The van der Waals surface area contributed by atoms with Crippen molar-refractivity contribution in [2.45, 2.75) is 26.3 Å². The molecule has 0 bridgehead atoms. The Balaban J connectivity index is 2.02. The number of β-lactam (4-membered cyclic amide) rings is 1. The van der Waals surface area contributed by atoms with Gasteiger partial charge >= 0.3 is 0 Å². The van der Waals surface area contributed by atoms with E-state index in [0.717, 1.165) is 12.1 Å². The fraction of sp³-hybridized carbons (Fsp3) is 0.583. The van der Waals surface area contributed by atoms with Gasteiger partial charge in [-0.25, -0.2) is 0 Å². The SMILES string of the molecule is CC(C)[C@H]1C(=O)N[C@@H]1C1C=CC(N)=CC1. The first-order valence-electron chi connectivity index (χ1n) is 5.54. The Morgan fingerprint density at radius 1 is 1.53 bits per heavy atom. The van der Waals surface area contributed by atoms with Crippen molar-refractivity contribution in [1.82, 2.24) is 5.32 Å². The minimum atomic E-state index is 0.173. The van der Waals surface area contributed by atoms with Gasteiger partial charge in [0.2, 0.25) is 5.91 Å². The highest BCUT2D eigenvalue weighted by atomic mass is 16.2. The number of hydrogen-bond donors (Lipinski definition) is 2. The lowest BCUT2D eigenvalue weighted by Crippen LogP contribution is -2.62. The van der Waals surface area contributed by atoms with Gasteiger partial charge in [-0.3, -0.25) is 4.79 Å². The number of allylic oxidation sites excluding steroid dienone is 2. The van der Waals surface area contributed by atoms with E-state index in [1.807, 2.05) is 12.2 Å². The molecule has 15 heavy (non-hydrogen) atoms. The van der Waals surface area contributed by atoms with Crippen LogP contribution in [0.5, 0.6) is 0 Å². The fourth-order valence-electron chi connectivity index (χ4n) is 2.43. The number of hydrogen-bond acceptors (Lipinski definition) is 2. The molecule has 0 aromatic carbocycles. The lowest BCUT2D eigenvalue weighted by Gasteiger charge is -2.43. The molecule has 0 aromatic heterocycles. The minimum absolute atomic E-state index is 0.173. The Labute approximate surface area is 90.4 Å². The van der Waals surface area contributed by atoms with E-state index in [2.05, 4.69) is 25.2 Å². The quantitative estimate of drug-likeness (QED) is 0.666. The van der Waals surface area contributed by atoms with E-state index < -0.39 is 0 Å². The number of nitrogens with one attached hydrogen (secondary N) is 1. The van der Waals surface area contributed by atoms with Gasteiger partial charge < -0.3 is 11.1 Å². The van der Waals surface area contributed by atoms with E-state index in [1.165, 1.54) is 0 Å². The lowest BCUT2D eigenvalue weighted by atomic mass is 9.73. The van der Waals surface area contributed by atoms with Crippen LogP contribution in [0.2, 0.25) is 0 Å². The standard InChI is InChI=1S/C12H18N2O/c1-7(2)10-11(14-12(10)15)8-3-5-9(13)6-4-8/h3,5-8,10-11H,4,13H2,1-2H3,(H,14,15)/t8?,10-,11-/m1/s1. The van der Waals surface area contributed by atoms with Crippen molar-refractivity contribution in [2.75, 3.05) is 0 Å². The summed E-state index contributed by atoms with van der Waals surface area (Å²) in [5, 5.41) is 3.00. The Morgan fingerprint density at radius 2 is 2.27 bits per heavy atom. The van der Waals surface area contributed by atoms with Gasteiger partial charge in [-0.1, -0.05) is 26.0 Å². The molecule has 1 unspecified atom stereocenters. The molecule has 3 N–H and O–H groups in total. The zero-order chi connectivity index (χ0) is 11.0. The van der Waals surface area contributed by atoms with Gasteiger partial charge in [0.15, 0.2) is 0 Å². The van der Waals surface area contributed by atoms with Crippen molar-refractivity contribution in [3.63, 3.8) is 0 Å². The van der Waals surface area contributed by atoms with Crippen molar-refractivity contribution >= 4 is 5.91 Å².